The van der Waals surface area contributed by atoms with E-state index in [0.29, 0.717) is 5.02 Å². The third-order valence-electron chi connectivity index (χ3n) is 2.18. The maximum atomic E-state index is 12.0. The third-order valence-corrected chi connectivity index (χ3v) is 3.91. The number of aliphatic carboxylic acids is 1. The van der Waals surface area contributed by atoms with Gasteiger partial charge in [0.1, 0.15) is 17.3 Å². The third kappa shape index (κ3) is 4.97. The van der Waals surface area contributed by atoms with E-state index in [1.165, 1.54) is 25.3 Å². The number of sulfonamides is 1. The van der Waals surface area contributed by atoms with E-state index in [4.69, 9.17) is 26.2 Å². The van der Waals surface area contributed by atoms with Crippen LogP contribution in [0.15, 0.2) is 23.1 Å². The fourth-order valence-corrected chi connectivity index (χ4v) is 2.67. The molecule has 0 amide bonds. The number of hydrogen-bond donors (Lipinski definition) is 2. The van der Waals surface area contributed by atoms with Gasteiger partial charge >= 0.3 is 5.97 Å². The zero-order valence-corrected chi connectivity index (χ0v) is 12.2. The summed E-state index contributed by atoms with van der Waals surface area (Å²) >= 11 is 5.75. The maximum Gasteiger partial charge on any atom is 0.329 e. The van der Waals surface area contributed by atoms with Crippen LogP contribution >= 0.6 is 11.6 Å². The molecule has 0 bridgehead atoms. The molecule has 9 heteroatoms. The summed E-state index contributed by atoms with van der Waals surface area (Å²) in [5.74, 6) is -0.997. The maximum absolute atomic E-state index is 12.0. The highest BCUT2D eigenvalue weighted by Crippen LogP contribution is 2.26. The number of carbonyl (C=O) groups is 1. The summed E-state index contributed by atoms with van der Waals surface area (Å²) in [5.41, 5.74) is 0. The molecule has 112 valence electrons. The highest BCUT2D eigenvalue weighted by Gasteiger charge is 2.19. The van der Waals surface area contributed by atoms with E-state index in [9.17, 15) is 13.2 Å². The monoisotopic (exact) mass is 323 g/mol. The lowest BCUT2D eigenvalue weighted by atomic mass is 10.3. The summed E-state index contributed by atoms with van der Waals surface area (Å²) in [6, 6.07) is 4.14. The first-order valence-electron chi connectivity index (χ1n) is 5.49. The fraction of sp³-hybridized carbons (Fsp3) is 0.364. The lowest BCUT2D eigenvalue weighted by Crippen LogP contribution is -2.28. The number of carboxylic acids is 1. The number of hydrogen-bond acceptors (Lipinski definition) is 5. The number of ether oxygens (including phenoxy) is 2. The standard InChI is InChI=1S/C11H14ClNO6S/c1-18-9-6-8(12)2-3-10(9)20(16,17)13-4-5-19-7-11(14)15/h2-3,6,13H,4-5,7H2,1H3,(H,14,15). The molecular weight excluding hydrogens is 310 g/mol. The summed E-state index contributed by atoms with van der Waals surface area (Å²) in [4.78, 5) is 10.2. The Kier molecular flexibility index (Phi) is 6.21. The Morgan fingerprint density at radius 1 is 1.45 bits per heavy atom. The Labute approximate surface area is 121 Å². The average molecular weight is 324 g/mol. The van der Waals surface area contributed by atoms with E-state index >= 15 is 0 Å². The smallest absolute Gasteiger partial charge is 0.329 e. The van der Waals surface area contributed by atoms with Gasteiger partial charge in [-0.2, -0.15) is 0 Å². The first-order valence-corrected chi connectivity index (χ1v) is 7.35. The zero-order valence-electron chi connectivity index (χ0n) is 10.6. The minimum atomic E-state index is -3.78. The molecule has 0 saturated heterocycles. The van der Waals surface area contributed by atoms with Crippen LogP contribution in [0.5, 0.6) is 5.75 Å². The molecule has 1 aromatic rings. The van der Waals surface area contributed by atoms with Crippen molar-refractivity contribution in [1.82, 2.24) is 4.72 Å². The van der Waals surface area contributed by atoms with Gasteiger partial charge in [-0.25, -0.2) is 17.9 Å². The second kappa shape index (κ2) is 7.44. The van der Waals surface area contributed by atoms with E-state index in [1.807, 2.05) is 0 Å². The van der Waals surface area contributed by atoms with E-state index in [2.05, 4.69) is 4.72 Å². The molecule has 0 spiro atoms. The fourth-order valence-electron chi connectivity index (χ4n) is 1.35. The van der Waals surface area contributed by atoms with Crippen LogP contribution in [0.4, 0.5) is 0 Å². The zero-order chi connectivity index (χ0) is 15.2. The minimum absolute atomic E-state index is 0.0531. The van der Waals surface area contributed by atoms with Crippen LogP contribution in [0.25, 0.3) is 0 Å². The van der Waals surface area contributed by atoms with Crippen molar-refractivity contribution in [2.45, 2.75) is 4.90 Å². The van der Waals surface area contributed by atoms with Gasteiger partial charge in [-0.1, -0.05) is 11.6 Å². The predicted octanol–water partition coefficient (Wildman–Crippen LogP) is 0.728. The van der Waals surface area contributed by atoms with Gasteiger partial charge in [0, 0.05) is 17.6 Å². The number of methoxy groups -OCH3 is 1. The molecule has 2 N–H and O–H groups in total. The van der Waals surface area contributed by atoms with Gasteiger partial charge in [0.25, 0.3) is 0 Å². The molecule has 0 fully saturated rings. The molecule has 0 atom stereocenters. The van der Waals surface area contributed by atoms with Gasteiger partial charge in [-0.3, -0.25) is 0 Å². The second-order valence-corrected chi connectivity index (χ2v) is 5.81. The Bertz CT molecular complexity index is 574. The van der Waals surface area contributed by atoms with Crippen molar-refractivity contribution in [1.29, 1.82) is 0 Å². The van der Waals surface area contributed by atoms with Crippen molar-refractivity contribution >= 4 is 27.6 Å². The van der Waals surface area contributed by atoms with Gasteiger partial charge < -0.3 is 14.6 Å². The van der Waals surface area contributed by atoms with Crippen molar-refractivity contribution in [2.75, 3.05) is 26.9 Å². The van der Waals surface area contributed by atoms with Crippen molar-refractivity contribution in [3.63, 3.8) is 0 Å². The van der Waals surface area contributed by atoms with Crippen LogP contribution in [-0.2, 0) is 19.6 Å². The summed E-state index contributed by atoms with van der Waals surface area (Å²) in [7, 11) is -2.45. The summed E-state index contributed by atoms with van der Waals surface area (Å²) < 4.78 is 36.0. The summed E-state index contributed by atoms with van der Waals surface area (Å²) in [5, 5.41) is 8.70. The number of benzene rings is 1. The van der Waals surface area contributed by atoms with Crippen LogP contribution in [0.2, 0.25) is 5.02 Å². The minimum Gasteiger partial charge on any atom is -0.495 e. The Morgan fingerprint density at radius 3 is 2.75 bits per heavy atom. The molecule has 0 aromatic heterocycles. The Morgan fingerprint density at radius 2 is 2.15 bits per heavy atom. The number of carboxylic acid groups (broad SMARTS) is 1. The normalized spacial score (nSPS) is 11.3. The van der Waals surface area contributed by atoms with Crippen LogP contribution < -0.4 is 9.46 Å². The van der Waals surface area contributed by atoms with Crippen molar-refractivity contribution < 1.29 is 27.8 Å². The van der Waals surface area contributed by atoms with Crippen molar-refractivity contribution in [2.24, 2.45) is 0 Å². The lowest BCUT2D eigenvalue weighted by Gasteiger charge is -2.10. The number of halogens is 1. The van der Waals surface area contributed by atoms with E-state index in [0.717, 1.165) is 0 Å². The summed E-state index contributed by atoms with van der Waals surface area (Å²) in [6.45, 7) is -0.588. The largest absolute Gasteiger partial charge is 0.495 e. The Hall–Kier alpha value is -1.35. The van der Waals surface area contributed by atoms with Crippen molar-refractivity contribution in [3.8, 4) is 5.75 Å². The molecule has 0 aliphatic carbocycles. The van der Waals surface area contributed by atoms with Crippen molar-refractivity contribution in [3.05, 3.63) is 23.2 Å². The first-order chi connectivity index (χ1) is 9.36. The molecule has 7 nitrogen and oxygen atoms in total. The average Bonchev–Trinajstić information content (AvgIpc) is 2.37. The molecule has 0 unspecified atom stereocenters. The molecule has 1 aromatic carbocycles. The van der Waals surface area contributed by atoms with Crippen LogP contribution in [-0.4, -0.2) is 46.4 Å². The predicted molar refractivity (Wildman–Crippen MR) is 71.6 cm³/mol. The van der Waals surface area contributed by atoms with E-state index in [-0.39, 0.29) is 23.8 Å². The van der Waals surface area contributed by atoms with Crippen LogP contribution in [0, 0.1) is 0 Å². The summed E-state index contributed by atoms with van der Waals surface area (Å²) in [6.07, 6.45) is 0. The number of rotatable bonds is 8. The highest BCUT2D eigenvalue weighted by atomic mass is 35.5. The van der Waals surface area contributed by atoms with Gasteiger partial charge in [0.2, 0.25) is 10.0 Å². The molecular formula is C11H14ClNO6S. The van der Waals surface area contributed by atoms with Gasteiger partial charge in [-0.05, 0) is 12.1 Å². The van der Waals surface area contributed by atoms with Gasteiger partial charge in [-0.15, -0.1) is 0 Å². The first kappa shape index (κ1) is 16.7. The topological polar surface area (TPSA) is 102 Å². The molecule has 0 aliphatic rings. The van der Waals surface area contributed by atoms with Crippen LogP contribution in [0.1, 0.15) is 0 Å². The molecule has 0 heterocycles. The molecule has 20 heavy (non-hydrogen) atoms. The quantitative estimate of drug-likeness (QED) is 0.684. The molecule has 0 aliphatic heterocycles. The highest BCUT2D eigenvalue weighted by molar-refractivity contribution is 7.89. The molecule has 0 radical (unpaired) electrons. The second-order valence-electron chi connectivity index (χ2n) is 3.64. The lowest BCUT2D eigenvalue weighted by molar-refractivity contribution is -0.142. The van der Waals surface area contributed by atoms with Crippen LogP contribution in [0.3, 0.4) is 0 Å². The SMILES string of the molecule is COc1cc(Cl)ccc1S(=O)(=O)NCCOCC(=O)O. The molecule has 1 rings (SSSR count). The number of nitrogens with one attached hydrogen (secondary N) is 1. The van der Waals surface area contributed by atoms with E-state index in [1.54, 1.807) is 0 Å². The molecule has 0 saturated carbocycles. The van der Waals surface area contributed by atoms with E-state index < -0.39 is 22.6 Å². The Balaban J connectivity index is 2.67. The van der Waals surface area contributed by atoms with Gasteiger partial charge in [0.05, 0.1) is 13.7 Å². The van der Waals surface area contributed by atoms with Gasteiger partial charge in [0.15, 0.2) is 0 Å².